The van der Waals surface area contributed by atoms with Crippen LogP contribution in [0.2, 0.25) is 0 Å². The highest BCUT2D eigenvalue weighted by Crippen LogP contribution is 2.16. The van der Waals surface area contributed by atoms with Crippen LogP contribution in [-0.4, -0.2) is 11.9 Å². The van der Waals surface area contributed by atoms with Crippen molar-refractivity contribution in [2.24, 2.45) is 0 Å². The minimum absolute atomic E-state index is 0.134. The summed E-state index contributed by atoms with van der Waals surface area (Å²) in [6.45, 7) is 5.25. The van der Waals surface area contributed by atoms with Crippen molar-refractivity contribution in [3.05, 3.63) is 12.3 Å². The molecule has 1 aliphatic heterocycles. The predicted octanol–water partition coefficient (Wildman–Crippen LogP) is 0.878. The minimum atomic E-state index is -0.248. The second kappa shape index (κ2) is 1.62. The second-order valence-electron chi connectivity index (χ2n) is 1.94. The van der Waals surface area contributed by atoms with E-state index >= 15 is 0 Å². The van der Waals surface area contributed by atoms with E-state index in [0.29, 0.717) is 12.2 Å². The van der Waals surface area contributed by atoms with E-state index in [4.69, 9.17) is 4.74 Å². The van der Waals surface area contributed by atoms with Crippen molar-refractivity contribution < 1.29 is 9.53 Å². The Kier molecular flexibility index (Phi) is 1.08. The lowest BCUT2D eigenvalue weighted by Crippen LogP contribution is -2.08. The third-order valence-corrected chi connectivity index (χ3v) is 1.17. The van der Waals surface area contributed by atoms with Crippen molar-refractivity contribution in [2.75, 3.05) is 0 Å². The van der Waals surface area contributed by atoms with Crippen LogP contribution in [0, 0.1) is 0 Å². The normalized spacial score (nSPS) is 28.4. The Hall–Kier alpha value is -0.790. The van der Waals surface area contributed by atoms with Gasteiger partial charge < -0.3 is 4.74 Å². The fourth-order valence-corrected chi connectivity index (χ4v) is 0.695. The fraction of sp³-hybridized carbons (Fsp3) is 0.500. The van der Waals surface area contributed by atoms with E-state index in [-0.39, 0.29) is 11.9 Å². The van der Waals surface area contributed by atoms with Gasteiger partial charge in [0.1, 0.15) is 0 Å². The molecule has 0 aliphatic carbocycles. The van der Waals surface area contributed by atoms with Gasteiger partial charge in [0.25, 0.3) is 0 Å². The molecular formula is C6H8O2. The van der Waals surface area contributed by atoms with Gasteiger partial charge in [0.15, 0.2) is 11.9 Å². The molecule has 1 unspecified atom stereocenters. The molecule has 0 spiro atoms. The number of ketones is 1. The van der Waals surface area contributed by atoms with Gasteiger partial charge in [0.2, 0.25) is 0 Å². The van der Waals surface area contributed by atoms with Crippen LogP contribution >= 0.6 is 0 Å². The Morgan fingerprint density at radius 2 is 2.50 bits per heavy atom. The summed E-state index contributed by atoms with van der Waals surface area (Å²) in [7, 11) is 0. The number of hydrogen-bond donors (Lipinski definition) is 0. The summed E-state index contributed by atoms with van der Waals surface area (Å²) in [6.07, 6.45) is 0.156. The molecule has 0 bridgehead atoms. The van der Waals surface area contributed by atoms with E-state index in [0.717, 1.165) is 0 Å². The number of carbonyl (C=O) groups excluding carboxylic acids is 1. The van der Waals surface area contributed by atoms with Gasteiger partial charge in [0, 0.05) is 0 Å². The summed E-state index contributed by atoms with van der Waals surface area (Å²) in [5, 5.41) is 0. The summed E-state index contributed by atoms with van der Waals surface area (Å²) in [5.41, 5.74) is 0. The second-order valence-corrected chi connectivity index (χ2v) is 1.94. The third-order valence-electron chi connectivity index (χ3n) is 1.17. The summed E-state index contributed by atoms with van der Waals surface area (Å²) in [4.78, 5) is 10.6. The lowest BCUT2D eigenvalue weighted by molar-refractivity contribution is -0.121. The Morgan fingerprint density at radius 1 is 1.88 bits per heavy atom. The monoisotopic (exact) mass is 112 g/mol. The fourth-order valence-electron chi connectivity index (χ4n) is 0.695. The lowest BCUT2D eigenvalue weighted by Gasteiger charge is -1.97. The zero-order valence-corrected chi connectivity index (χ0v) is 4.81. The Labute approximate surface area is 48.1 Å². The molecule has 1 heterocycles. The number of ether oxygens (including phenoxy) is 1. The van der Waals surface area contributed by atoms with Gasteiger partial charge in [-0.2, -0.15) is 0 Å². The van der Waals surface area contributed by atoms with Gasteiger partial charge in [-0.3, -0.25) is 4.79 Å². The maximum Gasteiger partial charge on any atom is 0.180 e. The van der Waals surface area contributed by atoms with Crippen LogP contribution in [0.5, 0.6) is 0 Å². The van der Waals surface area contributed by atoms with Gasteiger partial charge in [-0.05, 0) is 6.92 Å². The van der Waals surface area contributed by atoms with Gasteiger partial charge in [-0.1, -0.05) is 6.58 Å². The summed E-state index contributed by atoms with van der Waals surface area (Å²) < 4.78 is 4.93. The van der Waals surface area contributed by atoms with Gasteiger partial charge in [-0.15, -0.1) is 0 Å². The molecule has 1 saturated heterocycles. The van der Waals surface area contributed by atoms with E-state index in [1.54, 1.807) is 6.92 Å². The molecule has 2 heteroatoms. The van der Waals surface area contributed by atoms with E-state index in [9.17, 15) is 4.79 Å². The summed E-state index contributed by atoms with van der Waals surface area (Å²) >= 11 is 0. The first-order valence-corrected chi connectivity index (χ1v) is 2.57. The molecular weight excluding hydrogens is 104 g/mol. The third kappa shape index (κ3) is 0.735. The topological polar surface area (TPSA) is 26.3 Å². The van der Waals surface area contributed by atoms with Crippen molar-refractivity contribution in [3.8, 4) is 0 Å². The van der Waals surface area contributed by atoms with Crippen LogP contribution in [0.1, 0.15) is 13.3 Å². The number of carbonyl (C=O) groups is 1. The van der Waals surface area contributed by atoms with Crippen LogP contribution in [-0.2, 0) is 9.53 Å². The molecule has 44 valence electrons. The highest BCUT2D eigenvalue weighted by atomic mass is 16.5. The van der Waals surface area contributed by atoms with Crippen LogP contribution in [0.4, 0.5) is 0 Å². The van der Waals surface area contributed by atoms with Crippen LogP contribution in [0.25, 0.3) is 0 Å². The van der Waals surface area contributed by atoms with Gasteiger partial charge >= 0.3 is 0 Å². The first kappa shape index (κ1) is 5.35. The molecule has 2 nitrogen and oxygen atoms in total. The average molecular weight is 112 g/mol. The van der Waals surface area contributed by atoms with Gasteiger partial charge in [-0.25, -0.2) is 0 Å². The van der Waals surface area contributed by atoms with E-state index in [2.05, 4.69) is 6.58 Å². The first-order chi connectivity index (χ1) is 3.70. The number of rotatable bonds is 0. The van der Waals surface area contributed by atoms with Crippen molar-refractivity contribution in [1.29, 1.82) is 0 Å². The standard InChI is InChI=1S/C6H8O2/c1-4-3-6(7)5(2)8-4/h5H,1,3H2,2H3. The zero-order valence-electron chi connectivity index (χ0n) is 4.81. The summed E-state index contributed by atoms with van der Waals surface area (Å²) in [5.74, 6) is 0.734. The number of hydrogen-bond acceptors (Lipinski definition) is 2. The lowest BCUT2D eigenvalue weighted by atomic mass is 10.2. The molecule has 0 aromatic carbocycles. The Morgan fingerprint density at radius 3 is 2.62 bits per heavy atom. The highest BCUT2D eigenvalue weighted by molar-refractivity contribution is 5.86. The molecule has 1 aliphatic rings. The number of allylic oxidation sites excluding steroid dienone is 1. The largest absolute Gasteiger partial charge is 0.487 e. The maximum atomic E-state index is 10.6. The van der Waals surface area contributed by atoms with E-state index in [1.807, 2.05) is 0 Å². The molecule has 0 aromatic heterocycles. The van der Waals surface area contributed by atoms with Crippen molar-refractivity contribution in [1.82, 2.24) is 0 Å². The maximum absolute atomic E-state index is 10.6. The molecule has 1 atom stereocenters. The average Bonchev–Trinajstić information content (AvgIpc) is 1.85. The molecule has 1 fully saturated rings. The molecule has 0 radical (unpaired) electrons. The van der Waals surface area contributed by atoms with Crippen LogP contribution in [0.3, 0.4) is 0 Å². The predicted molar refractivity (Wildman–Crippen MR) is 29.3 cm³/mol. The molecule has 0 amide bonds. The molecule has 0 aromatic rings. The molecule has 8 heavy (non-hydrogen) atoms. The SMILES string of the molecule is C=C1CC(=O)C(C)O1. The van der Waals surface area contributed by atoms with Crippen molar-refractivity contribution in [3.63, 3.8) is 0 Å². The quantitative estimate of drug-likeness (QED) is 0.465. The van der Waals surface area contributed by atoms with Gasteiger partial charge in [0.05, 0.1) is 12.2 Å². The molecule has 0 saturated carbocycles. The first-order valence-electron chi connectivity index (χ1n) is 2.57. The Bertz CT molecular complexity index is 137. The highest BCUT2D eigenvalue weighted by Gasteiger charge is 2.23. The number of Topliss-reactive ketones (excluding diaryl/α,β-unsaturated/α-hetero) is 1. The van der Waals surface area contributed by atoms with E-state index < -0.39 is 0 Å². The summed E-state index contributed by atoms with van der Waals surface area (Å²) in [6, 6.07) is 0. The molecule has 0 N–H and O–H groups in total. The molecule has 1 rings (SSSR count). The van der Waals surface area contributed by atoms with Crippen LogP contribution < -0.4 is 0 Å². The minimum Gasteiger partial charge on any atom is -0.487 e. The smallest absolute Gasteiger partial charge is 0.180 e. The van der Waals surface area contributed by atoms with Crippen LogP contribution in [0.15, 0.2) is 12.3 Å². The van der Waals surface area contributed by atoms with Crippen molar-refractivity contribution in [2.45, 2.75) is 19.4 Å². The zero-order chi connectivity index (χ0) is 6.15. The Balaban J connectivity index is 2.64. The van der Waals surface area contributed by atoms with E-state index in [1.165, 1.54) is 0 Å². The van der Waals surface area contributed by atoms with Crippen molar-refractivity contribution >= 4 is 5.78 Å².